The monoisotopic (exact) mass is 442 g/mol. The molecule has 1 heterocycles. The van der Waals surface area contributed by atoms with Gasteiger partial charge in [-0.05, 0) is 33.7 Å². The van der Waals surface area contributed by atoms with E-state index in [9.17, 15) is 0 Å². The van der Waals surface area contributed by atoms with Crippen LogP contribution in [0.4, 0.5) is 0 Å². The molecule has 2 N–H and O–H groups in total. The highest BCUT2D eigenvalue weighted by Crippen LogP contribution is 2.12. The van der Waals surface area contributed by atoms with E-state index in [2.05, 4.69) is 41.4 Å². The molecule has 0 aromatic carbocycles. The van der Waals surface area contributed by atoms with Gasteiger partial charge in [-0.25, -0.2) is 0 Å². The molecule has 138 valence electrons. The SMILES string of the molecule is CN=C(NCCCOCC1CCOC1)NCCN(C)C(C)C.I. The van der Waals surface area contributed by atoms with Crippen LogP contribution in [0.5, 0.6) is 0 Å². The molecule has 1 fully saturated rings. The summed E-state index contributed by atoms with van der Waals surface area (Å²) in [6.45, 7) is 10.5. The number of hydrogen-bond acceptors (Lipinski definition) is 4. The maximum Gasteiger partial charge on any atom is 0.191 e. The van der Waals surface area contributed by atoms with Gasteiger partial charge < -0.3 is 25.0 Å². The number of aliphatic imine (C=N–C) groups is 1. The van der Waals surface area contributed by atoms with Crippen molar-refractivity contribution in [3.63, 3.8) is 0 Å². The maximum absolute atomic E-state index is 5.69. The highest BCUT2D eigenvalue weighted by Gasteiger charge is 2.15. The molecule has 0 aliphatic carbocycles. The molecule has 0 aromatic rings. The average molecular weight is 442 g/mol. The fourth-order valence-corrected chi connectivity index (χ4v) is 2.18. The summed E-state index contributed by atoms with van der Waals surface area (Å²) >= 11 is 0. The molecule has 1 saturated heterocycles. The molecule has 0 spiro atoms. The molecular weight excluding hydrogens is 407 g/mol. The smallest absolute Gasteiger partial charge is 0.191 e. The summed E-state index contributed by atoms with van der Waals surface area (Å²) in [5.41, 5.74) is 0. The molecule has 0 bridgehead atoms. The Balaban J connectivity index is 0.00000484. The number of hydrogen-bond donors (Lipinski definition) is 2. The van der Waals surface area contributed by atoms with Gasteiger partial charge in [0.2, 0.25) is 0 Å². The quantitative estimate of drug-likeness (QED) is 0.233. The molecule has 0 amide bonds. The van der Waals surface area contributed by atoms with Crippen LogP contribution in [0.25, 0.3) is 0 Å². The van der Waals surface area contributed by atoms with Gasteiger partial charge in [0.15, 0.2) is 5.96 Å². The first-order valence-electron chi connectivity index (χ1n) is 8.43. The summed E-state index contributed by atoms with van der Waals surface area (Å²) in [5.74, 6) is 1.46. The van der Waals surface area contributed by atoms with Gasteiger partial charge in [0.05, 0.1) is 13.2 Å². The van der Waals surface area contributed by atoms with Crippen LogP contribution >= 0.6 is 24.0 Å². The zero-order chi connectivity index (χ0) is 16.2. The fraction of sp³-hybridized carbons (Fsp3) is 0.938. The molecule has 0 radical (unpaired) electrons. The summed E-state index contributed by atoms with van der Waals surface area (Å²) in [6.07, 6.45) is 2.12. The Morgan fingerprint density at radius 2 is 2.09 bits per heavy atom. The van der Waals surface area contributed by atoms with Crippen molar-refractivity contribution in [1.29, 1.82) is 0 Å². The molecule has 23 heavy (non-hydrogen) atoms. The molecule has 1 atom stereocenters. The normalized spacial score (nSPS) is 18.3. The van der Waals surface area contributed by atoms with E-state index in [1.165, 1.54) is 0 Å². The van der Waals surface area contributed by atoms with Crippen LogP contribution < -0.4 is 10.6 Å². The zero-order valence-corrected chi connectivity index (χ0v) is 17.5. The van der Waals surface area contributed by atoms with Crippen molar-refractivity contribution in [2.24, 2.45) is 10.9 Å². The van der Waals surface area contributed by atoms with E-state index >= 15 is 0 Å². The second-order valence-electron chi connectivity index (χ2n) is 6.16. The van der Waals surface area contributed by atoms with Gasteiger partial charge in [-0.15, -0.1) is 24.0 Å². The number of guanidine groups is 1. The minimum atomic E-state index is 0. The lowest BCUT2D eigenvalue weighted by Crippen LogP contribution is -2.42. The summed E-state index contributed by atoms with van der Waals surface area (Å²) in [6, 6.07) is 0.569. The van der Waals surface area contributed by atoms with Gasteiger partial charge in [-0.1, -0.05) is 0 Å². The molecule has 0 saturated carbocycles. The van der Waals surface area contributed by atoms with Crippen molar-refractivity contribution in [3.8, 4) is 0 Å². The van der Waals surface area contributed by atoms with Crippen LogP contribution in [0.3, 0.4) is 0 Å². The minimum absolute atomic E-state index is 0. The van der Waals surface area contributed by atoms with Crippen molar-refractivity contribution >= 4 is 29.9 Å². The molecule has 7 heteroatoms. The van der Waals surface area contributed by atoms with Gasteiger partial charge >= 0.3 is 0 Å². The molecule has 1 unspecified atom stereocenters. The zero-order valence-electron chi connectivity index (χ0n) is 15.1. The Hall–Kier alpha value is -0.120. The molecule has 1 rings (SSSR count). The fourth-order valence-electron chi connectivity index (χ4n) is 2.18. The lowest BCUT2D eigenvalue weighted by Gasteiger charge is -2.21. The topological polar surface area (TPSA) is 58.1 Å². The molecule has 6 nitrogen and oxygen atoms in total. The Morgan fingerprint density at radius 3 is 2.70 bits per heavy atom. The Labute approximate surface area is 158 Å². The predicted octanol–water partition coefficient (Wildman–Crippen LogP) is 1.55. The lowest BCUT2D eigenvalue weighted by molar-refractivity contribution is 0.0888. The number of likely N-dealkylation sites (N-methyl/N-ethyl adjacent to an activating group) is 1. The molecular formula is C16H35IN4O2. The molecule has 1 aliphatic rings. The van der Waals surface area contributed by atoms with Crippen molar-refractivity contribution in [3.05, 3.63) is 0 Å². The van der Waals surface area contributed by atoms with Gasteiger partial charge in [0.25, 0.3) is 0 Å². The number of halogens is 1. The third kappa shape index (κ3) is 11.1. The van der Waals surface area contributed by atoms with Gasteiger partial charge in [-0.2, -0.15) is 0 Å². The van der Waals surface area contributed by atoms with Crippen molar-refractivity contribution in [2.45, 2.75) is 32.7 Å². The van der Waals surface area contributed by atoms with Gasteiger partial charge in [-0.3, -0.25) is 4.99 Å². The first-order valence-corrected chi connectivity index (χ1v) is 8.43. The van der Waals surface area contributed by atoms with Crippen LogP contribution in [0.1, 0.15) is 26.7 Å². The Kier molecular flexibility index (Phi) is 14.2. The number of rotatable bonds is 10. The third-order valence-electron chi connectivity index (χ3n) is 4.00. The second kappa shape index (κ2) is 14.2. The van der Waals surface area contributed by atoms with Crippen LogP contribution in [0, 0.1) is 5.92 Å². The van der Waals surface area contributed by atoms with Crippen molar-refractivity contribution < 1.29 is 9.47 Å². The molecule has 1 aliphatic heterocycles. The van der Waals surface area contributed by atoms with Gasteiger partial charge in [0.1, 0.15) is 0 Å². The van der Waals surface area contributed by atoms with E-state index in [0.717, 1.165) is 64.9 Å². The Morgan fingerprint density at radius 1 is 1.35 bits per heavy atom. The van der Waals surface area contributed by atoms with E-state index in [1.54, 1.807) is 7.05 Å². The second-order valence-corrected chi connectivity index (χ2v) is 6.16. The predicted molar refractivity (Wildman–Crippen MR) is 107 cm³/mol. The van der Waals surface area contributed by atoms with Crippen LogP contribution in [0.2, 0.25) is 0 Å². The van der Waals surface area contributed by atoms with Crippen LogP contribution in [-0.2, 0) is 9.47 Å². The first kappa shape index (κ1) is 22.9. The summed E-state index contributed by atoms with van der Waals surface area (Å²) in [7, 11) is 3.94. The summed E-state index contributed by atoms with van der Waals surface area (Å²) in [4.78, 5) is 6.54. The van der Waals surface area contributed by atoms with E-state index in [4.69, 9.17) is 9.47 Å². The third-order valence-corrected chi connectivity index (χ3v) is 4.00. The van der Waals surface area contributed by atoms with Crippen LogP contribution in [-0.4, -0.2) is 77.1 Å². The summed E-state index contributed by atoms with van der Waals surface area (Å²) in [5, 5.41) is 6.65. The van der Waals surface area contributed by atoms with Crippen LogP contribution in [0.15, 0.2) is 4.99 Å². The van der Waals surface area contributed by atoms with E-state index in [0.29, 0.717) is 12.0 Å². The van der Waals surface area contributed by atoms with Crippen molar-refractivity contribution in [2.75, 3.05) is 60.2 Å². The highest BCUT2D eigenvalue weighted by molar-refractivity contribution is 14.0. The lowest BCUT2D eigenvalue weighted by atomic mass is 10.1. The maximum atomic E-state index is 5.69. The largest absolute Gasteiger partial charge is 0.381 e. The Bertz CT molecular complexity index is 310. The van der Waals surface area contributed by atoms with E-state index < -0.39 is 0 Å². The highest BCUT2D eigenvalue weighted by atomic mass is 127. The number of nitrogens with one attached hydrogen (secondary N) is 2. The number of ether oxygens (including phenoxy) is 2. The van der Waals surface area contributed by atoms with E-state index in [-0.39, 0.29) is 24.0 Å². The summed E-state index contributed by atoms with van der Waals surface area (Å²) < 4.78 is 11.0. The standard InChI is InChI=1S/C16H34N4O2.HI/c1-14(2)20(4)9-8-19-16(17-3)18-7-5-10-21-12-15-6-11-22-13-15;/h14-15H,5-13H2,1-4H3,(H2,17,18,19);1H. The average Bonchev–Trinajstić information content (AvgIpc) is 3.01. The minimum Gasteiger partial charge on any atom is -0.381 e. The van der Waals surface area contributed by atoms with Crippen molar-refractivity contribution in [1.82, 2.24) is 15.5 Å². The first-order chi connectivity index (χ1) is 10.6. The molecule has 0 aromatic heterocycles. The van der Waals surface area contributed by atoms with E-state index in [1.807, 2.05) is 0 Å². The number of nitrogens with zero attached hydrogens (tertiary/aromatic N) is 2. The van der Waals surface area contributed by atoms with Gasteiger partial charge in [0, 0.05) is 51.9 Å².